The molecule has 0 aromatic carbocycles. The molecule has 1 aliphatic heterocycles. The van der Waals surface area contributed by atoms with Crippen LogP contribution in [0.2, 0.25) is 0 Å². The van der Waals surface area contributed by atoms with Crippen LogP contribution in [0.1, 0.15) is 93.9 Å². The van der Waals surface area contributed by atoms with Crippen LogP contribution in [0.15, 0.2) is 11.6 Å². The molecular formula is C31H46O6. The van der Waals surface area contributed by atoms with Crippen molar-refractivity contribution < 1.29 is 29.3 Å². The van der Waals surface area contributed by atoms with E-state index >= 15 is 0 Å². The number of carbonyl (C=O) groups is 3. The van der Waals surface area contributed by atoms with E-state index in [1.165, 1.54) is 0 Å². The molecule has 0 spiro atoms. The van der Waals surface area contributed by atoms with Gasteiger partial charge in [0.1, 0.15) is 18.2 Å². The highest BCUT2D eigenvalue weighted by Gasteiger charge is 2.75. The summed E-state index contributed by atoms with van der Waals surface area (Å²) in [6.45, 7) is 16.0. The molecule has 3 saturated carbocycles. The SMILES string of the molecule is CC(C)(O)[C@@H]1CC[C@@](C)(C=O)[C@H]2[C@H](C[C@@]3(C)[C@@H]4CC=C5[C@@H](CC(=O)[C@H](O)C5(C)C)[C@]4(C)C(=O)C[C@]23C)O1. The Morgan fingerprint density at radius 2 is 1.73 bits per heavy atom. The van der Waals surface area contributed by atoms with E-state index < -0.39 is 33.4 Å². The Hall–Kier alpha value is -1.37. The fraction of sp³-hybridized carbons (Fsp3) is 0.839. The summed E-state index contributed by atoms with van der Waals surface area (Å²) in [6, 6.07) is 0. The lowest BCUT2D eigenvalue weighted by Gasteiger charge is -2.64. The summed E-state index contributed by atoms with van der Waals surface area (Å²) in [5.41, 5.74) is -2.82. The van der Waals surface area contributed by atoms with Gasteiger partial charge in [-0.1, -0.05) is 53.2 Å². The van der Waals surface area contributed by atoms with Gasteiger partial charge in [0.05, 0.1) is 17.8 Å². The minimum Gasteiger partial charge on any atom is -0.388 e. The first-order valence-electron chi connectivity index (χ1n) is 14.2. The van der Waals surface area contributed by atoms with Gasteiger partial charge in [0.15, 0.2) is 5.78 Å². The zero-order valence-electron chi connectivity index (χ0n) is 23.9. The van der Waals surface area contributed by atoms with E-state index in [1.54, 1.807) is 13.8 Å². The third-order valence-electron chi connectivity index (χ3n) is 12.5. The summed E-state index contributed by atoms with van der Waals surface area (Å²) in [5, 5.41) is 21.6. The van der Waals surface area contributed by atoms with Crippen molar-refractivity contribution in [3.05, 3.63) is 11.6 Å². The number of hydrogen-bond acceptors (Lipinski definition) is 6. The van der Waals surface area contributed by atoms with Crippen LogP contribution in [0, 0.1) is 44.8 Å². The van der Waals surface area contributed by atoms with Crippen molar-refractivity contribution in [2.45, 2.75) is 118 Å². The molecule has 37 heavy (non-hydrogen) atoms. The largest absolute Gasteiger partial charge is 0.388 e. The van der Waals surface area contributed by atoms with Crippen LogP contribution < -0.4 is 0 Å². The van der Waals surface area contributed by atoms with Crippen molar-refractivity contribution in [2.75, 3.05) is 0 Å². The lowest BCUT2D eigenvalue weighted by Crippen LogP contribution is -2.64. The van der Waals surface area contributed by atoms with E-state index in [1.807, 2.05) is 20.8 Å². The molecule has 0 bridgehead atoms. The highest BCUT2D eigenvalue weighted by atomic mass is 16.5. The first kappa shape index (κ1) is 27.2. The normalized spacial score (nSPS) is 51.2. The molecule has 6 heteroatoms. The quantitative estimate of drug-likeness (QED) is 0.417. The number of rotatable bonds is 2. The predicted octanol–water partition coefficient (Wildman–Crippen LogP) is 4.44. The summed E-state index contributed by atoms with van der Waals surface area (Å²) in [4.78, 5) is 40.1. The van der Waals surface area contributed by atoms with Crippen LogP contribution in [-0.2, 0) is 19.1 Å². The van der Waals surface area contributed by atoms with Crippen molar-refractivity contribution >= 4 is 17.9 Å². The molecule has 0 radical (unpaired) electrons. The Morgan fingerprint density at radius 3 is 2.32 bits per heavy atom. The number of aliphatic hydroxyl groups is 2. The van der Waals surface area contributed by atoms with E-state index in [0.717, 1.165) is 11.9 Å². The molecule has 0 aromatic rings. The van der Waals surface area contributed by atoms with Gasteiger partial charge < -0.3 is 19.7 Å². The van der Waals surface area contributed by atoms with Crippen LogP contribution >= 0.6 is 0 Å². The Kier molecular flexibility index (Phi) is 5.77. The second-order valence-corrected chi connectivity index (χ2v) is 15.2. The van der Waals surface area contributed by atoms with Crippen LogP contribution in [0.3, 0.4) is 0 Å². The molecule has 0 amide bonds. The highest BCUT2D eigenvalue weighted by Crippen LogP contribution is 2.75. The number of ether oxygens (including phenoxy) is 1. The second-order valence-electron chi connectivity index (χ2n) is 15.2. The highest BCUT2D eigenvalue weighted by molar-refractivity contribution is 5.92. The second kappa shape index (κ2) is 7.85. The standard InChI is InChI=1S/C31H46O6/c1-26(2)17-9-10-21-29(6)14-20-24(28(5,16-32)12-11-23(37-20)27(3,4)36)30(29,7)15-22(34)31(21,8)18(17)13-19(33)25(26)35/h9,16,18,20-21,23-25,35-36H,10-15H2,1-8H3/t18-,20+,21+,23+,24-,25+,28+,29+,30-,31+/m1/s1. The number of Topliss-reactive ketones (excluding diaryl/α,β-unsaturated/α-hetero) is 2. The summed E-state index contributed by atoms with van der Waals surface area (Å²) in [7, 11) is 0. The van der Waals surface area contributed by atoms with Gasteiger partial charge in [0, 0.05) is 35.0 Å². The number of hydrogen-bond donors (Lipinski definition) is 2. The van der Waals surface area contributed by atoms with Gasteiger partial charge in [-0.05, 0) is 62.2 Å². The molecule has 5 aliphatic rings. The zero-order chi connectivity index (χ0) is 27.6. The number of carbonyl (C=O) groups excluding carboxylic acids is 3. The molecule has 5 rings (SSSR count). The van der Waals surface area contributed by atoms with Crippen LogP contribution in [0.5, 0.6) is 0 Å². The topological polar surface area (TPSA) is 101 Å². The van der Waals surface area contributed by atoms with Crippen molar-refractivity contribution in [3.8, 4) is 0 Å². The maximum absolute atomic E-state index is 14.4. The van der Waals surface area contributed by atoms with Crippen molar-refractivity contribution in [2.24, 2.45) is 44.8 Å². The van der Waals surface area contributed by atoms with Crippen LogP contribution in [0.25, 0.3) is 0 Å². The van der Waals surface area contributed by atoms with E-state index in [2.05, 4.69) is 26.8 Å². The molecule has 10 atom stereocenters. The average Bonchev–Trinajstić information content (AvgIpc) is 2.91. The van der Waals surface area contributed by atoms with Gasteiger partial charge >= 0.3 is 0 Å². The Bertz CT molecular complexity index is 1070. The molecule has 2 N–H and O–H groups in total. The number of allylic oxidation sites excluding steroid dienone is 1. The van der Waals surface area contributed by atoms with Gasteiger partial charge in [0.2, 0.25) is 0 Å². The van der Waals surface area contributed by atoms with Crippen LogP contribution in [0.4, 0.5) is 0 Å². The monoisotopic (exact) mass is 514 g/mol. The number of fused-ring (bicyclic) bond motifs is 7. The number of aldehydes is 1. The minimum atomic E-state index is -1.05. The number of aliphatic hydroxyl groups excluding tert-OH is 1. The first-order chi connectivity index (χ1) is 16.9. The molecule has 206 valence electrons. The fourth-order valence-corrected chi connectivity index (χ4v) is 10.1. The molecule has 0 aromatic heterocycles. The molecular weight excluding hydrogens is 468 g/mol. The van der Waals surface area contributed by atoms with Gasteiger partial charge in [-0.15, -0.1) is 0 Å². The molecule has 4 fully saturated rings. The smallest absolute Gasteiger partial charge is 0.162 e. The van der Waals surface area contributed by atoms with E-state index in [9.17, 15) is 24.6 Å². The summed E-state index contributed by atoms with van der Waals surface area (Å²) >= 11 is 0. The third-order valence-corrected chi connectivity index (χ3v) is 12.5. The first-order valence-corrected chi connectivity index (χ1v) is 14.2. The van der Waals surface area contributed by atoms with Crippen molar-refractivity contribution in [1.29, 1.82) is 0 Å². The van der Waals surface area contributed by atoms with Crippen LogP contribution in [-0.4, -0.2) is 52.0 Å². The third kappa shape index (κ3) is 3.30. The zero-order valence-corrected chi connectivity index (χ0v) is 23.9. The maximum atomic E-state index is 14.4. The molecule has 0 unspecified atom stereocenters. The summed E-state index contributed by atoms with van der Waals surface area (Å²) < 4.78 is 6.72. The Labute approximate surface area is 221 Å². The summed E-state index contributed by atoms with van der Waals surface area (Å²) in [6.07, 6.45) is 4.80. The fourth-order valence-electron chi connectivity index (χ4n) is 10.1. The van der Waals surface area contributed by atoms with E-state index in [0.29, 0.717) is 32.1 Å². The Balaban J connectivity index is 1.64. The number of ketones is 2. The summed E-state index contributed by atoms with van der Waals surface area (Å²) in [5.74, 6) is -0.378. The minimum absolute atomic E-state index is 0.00846. The molecule has 4 aliphatic carbocycles. The van der Waals surface area contributed by atoms with E-state index in [-0.39, 0.29) is 53.4 Å². The van der Waals surface area contributed by atoms with Gasteiger partial charge in [-0.25, -0.2) is 0 Å². The van der Waals surface area contributed by atoms with Crippen molar-refractivity contribution in [3.63, 3.8) is 0 Å². The molecule has 1 heterocycles. The predicted molar refractivity (Wildman–Crippen MR) is 140 cm³/mol. The lowest BCUT2D eigenvalue weighted by molar-refractivity contribution is -0.176. The van der Waals surface area contributed by atoms with Gasteiger partial charge in [-0.3, -0.25) is 9.59 Å². The lowest BCUT2D eigenvalue weighted by atomic mass is 9.38. The molecule has 1 saturated heterocycles. The molecule has 6 nitrogen and oxygen atoms in total. The van der Waals surface area contributed by atoms with Gasteiger partial charge in [-0.2, -0.15) is 0 Å². The average molecular weight is 515 g/mol. The Morgan fingerprint density at radius 1 is 1.08 bits per heavy atom. The van der Waals surface area contributed by atoms with Crippen molar-refractivity contribution in [1.82, 2.24) is 0 Å². The maximum Gasteiger partial charge on any atom is 0.162 e. The van der Waals surface area contributed by atoms with Gasteiger partial charge in [0.25, 0.3) is 0 Å². The van der Waals surface area contributed by atoms with E-state index in [4.69, 9.17) is 4.74 Å².